The van der Waals surface area contributed by atoms with Crippen LogP contribution in [0.4, 0.5) is 0 Å². The highest BCUT2D eigenvalue weighted by Crippen LogP contribution is 2.46. The van der Waals surface area contributed by atoms with Gasteiger partial charge in [0.2, 0.25) is 0 Å². The smallest absolute Gasteiger partial charge is 0.0224 e. The van der Waals surface area contributed by atoms with Gasteiger partial charge in [-0.05, 0) is 95.2 Å². The third kappa shape index (κ3) is 3.10. The van der Waals surface area contributed by atoms with Gasteiger partial charge >= 0.3 is 0 Å². The second-order valence-corrected chi connectivity index (χ2v) is 11.1. The van der Waals surface area contributed by atoms with Crippen molar-refractivity contribution in [3.8, 4) is 0 Å². The summed E-state index contributed by atoms with van der Waals surface area (Å²) in [6.07, 6.45) is 11.8. The molecule has 0 aromatic rings. The van der Waals surface area contributed by atoms with Gasteiger partial charge in [-0.2, -0.15) is 0 Å². The van der Waals surface area contributed by atoms with Gasteiger partial charge in [0.15, 0.2) is 0 Å². The Morgan fingerprint density at radius 1 is 0.815 bits per heavy atom. The number of hydrogen-bond donors (Lipinski definition) is 1. The maximum atomic E-state index is 3.77. The van der Waals surface area contributed by atoms with Crippen LogP contribution >= 0.6 is 0 Å². The Hall–Kier alpha value is -0.160. The molecule has 4 nitrogen and oxygen atoms in total. The topological polar surface area (TPSA) is 21.8 Å². The van der Waals surface area contributed by atoms with Gasteiger partial charge in [-0.15, -0.1) is 0 Å². The summed E-state index contributed by atoms with van der Waals surface area (Å²) in [7, 11) is 2.37. The van der Waals surface area contributed by atoms with Crippen LogP contribution in [0.5, 0.6) is 0 Å². The summed E-state index contributed by atoms with van der Waals surface area (Å²) >= 11 is 0. The molecule has 1 N–H and O–H groups in total. The fourth-order valence-electron chi connectivity index (χ4n) is 8.26. The summed E-state index contributed by atoms with van der Waals surface area (Å²) < 4.78 is 0. The third-order valence-corrected chi connectivity index (χ3v) is 9.77. The van der Waals surface area contributed by atoms with Gasteiger partial charge in [-0.1, -0.05) is 0 Å². The number of hydrogen-bond acceptors (Lipinski definition) is 4. The predicted octanol–water partition coefficient (Wildman–Crippen LogP) is 2.25. The fourth-order valence-corrected chi connectivity index (χ4v) is 8.26. The molecule has 6 aliphatic heterocycles. The van der Waals surface area contributed by atoms with Crippen molar-refractivity contribution in [2.24, 2.45) is 23.7 Å². The van der Waals surface area contributed by atoms with Crippen molar-refractivity contribution in [1.82, 2.24) is 20.0 Å². The van der Waals surface area contributed by atoms with Crippen LogP contribution in [0.25, 0.3) is 0 Å². The zero-order chi connectivity index (χ0) is 18.0. The lowest BCUT2D eigenvalue weighted by molar-refractivity contribution is 0.00378. The maximum Gasteiger partial charge on any atom is 0.0224 e. The van der Waals surface area contributed by atoms with Crippen molar-refractivity contribution in [2.45, 2.75) is 75.5 Å². The second kappa shape index (κ2) is 6.97. The van der Waals surface area contributed by atoms with Crippen LogP contribution in [0.1, 0.15) is 51.4 Å². The van der Waals surface area contributed by atoms with Crippen LogP contribution in [0.3, 0.4) is 0 Å². The van der Waals surface area contributed by atoms with E-state index in [1.54, 1.807) is 0 Å². The summed E-state index contributed by atoms with van der Waals surface area (Å²) in [5.41, 5.74) is 0. The lowest BCUT2D eigenvalue weighted by Gasteiger charge is -2.49. The van der Waals surface area contributed by atoms with Gasteiger partial charge in [-0.25, -0.2) is 0 Å². The van der Waals surface area contributed by atoms with E-state index in [2.05, 4.69) is 27.1 Å². The molecule has 6 saturated heterocycles. The van der Waals surface area contributed by atoms with Gasteiger partial charge in [0, 0.05) is 50.3 Å². The third-order valence-electron chi connectivity index (χ3n) is 9.77. The molecule has 0 aromatic heterocycles. The number of fused-ring (bicyclic) bond motifs is 6. The molecule has 1 aliphatic carbocycles. The van der Waals surface area contributed by atoms with E-state index in [0.717, 1.165) is 47.8 Å². The van der Waals surface area contributed by atoms with E-state index < -0.39 is 0 Å². The summed E-state index contributed by atoms with van der Waals surface area (Å²) in [5.74, 6) is 3.94. The quantitative estimate of drug-likeness (QED) is 0.817. The Kier molecular flexibility index (Phi) is 4.56. The molecule has 0 amide bonds. The lowest BCUT2D eigenvalue weighted by atomic mass is 9.72. The molecular formula is C23H40N4. The summed E-state index contributed by atoms with van der Waals surface area (Å²) in [5, 5.41) is 3.77. The SMILES string of the molecule is CN1CC2CCC1CC2CN1C2CCC1C(CN1CCC3CCNC3C1)C2. The number of nitrogens with zero attached hydrogens (tertiary/aromatic N) is 3. The molecule has 0 aromatic carbocycles. The van der Waals surface area contributed by atoms with Gasteiger partial charge in [0.05, 0.1) is 0 Å². The number of piperidine rings is 3. The van der Waals surface area contributed by atoms with E-state index in [-0.39, 0.29) is 0 Å². The summed E-state index contributed by atoms with van der Waals surface area (Å²) in [6, 6.07) is 3.56. The van der Waals surface area contributed by atoms with Crippen LogP contribution in [0, 0.1) is 23.7 Å². The summed E-state index contributed by atoms with van der Waals surface area (Å²) in [4.78, 5) is 8.52. The van der Waals surface area contributed by atoms with Crippen molar-refractivity contribution in [1.29, 1.82) is 0 Å². The van der Waals surface area contributed by atoms with Crippen molar-refractivity contribution >= 4 is 0 Å². The molecule has 7 rings (SSSR count). The van der Waals surface area contributed by atoms with Crippen LogP contribution in [-0.2, 0) is 0 Å². The zero-order valence-corrected chi connectivity index (χ0v) is 17.4. The molecule has 0 radical (unpaired) electrons. The molecule has 27 heavy (non-hydrogen) atoms. The van der Waals surface area contributed by atoms with Gasteiger partial charge in [-0.3, -0.25) is 4.90 Å². The average Bonchev–Trinajstić information content (AvgIpc) is 3.37. The number of likely N-dealkylation sites (tertiary alicyclic amines) is 1. The molecule has 8 atom stereocenters. The van der Waals surface area contributed by atoms with E-state index in [1.165, 1.54) is 90.6 Å². The minimum Gasteiger partial charge on any atom is -0.312 e. The van der Waals surface area contributed by atoms with E-state index >= 15 is 0 Å². The summed E-state index contributed by atoms with van der Waals surface area (Å²) in [6.45, 7) is 8.18. The molecule has 7 aliphatic rings. The van der Waals surface area contributed by atoms with E-state index in [4.69, 9.17) is 0 Å². The molecule has 4 heteroatoms. The van der Waals surface area contributed by atoms with Crippen molar-refractivity contribution in [3.05, 3.63) is 0 Å². The van der Waals surface area contributed by atoms with E-state index in [0.29, 0.717) is 0 Å². The standard InChI is InChI=1S/C23H40N4/c1-25-12-17-2-3-20(25)10-18(17)14-27-21-4-5-23(27)19(11-21)13-26-9-7-16-6-8-24-22(16)15-26/h16-24H,2-15H2,1H3. The first-order chi connectivity index (χ1) is 13.2. The normalized spacial score (nSPS) is 50.6. The molecule has 8 unspecified atom stereocenters. The first-order valence-corrected chi connectivity index (χ1v) is 12.2. The first-order valence-electron chi connectivity index (χ1n) is 12.2. The van der Waals surface area contributed by atoms with Gasteiger partial charge in [0.25, 0.3) is 0 Å². The molecule has 0 spiro atoms. The van der Waals surface area contributed by atoms with Crippen LogP contribution in [-0.4, -0.2) is 85.2 Å². The second-order valence-electron chi connectivity index (χ2n) is 11.1. The van der Waals surface area contributed by atoms with Crippen molar-refractivity contribution in [2.75, 3.05) is 46.3 Å². The molecule has 152 valence electrons. The molecule has 7 fully saturated rings. The zero-order valence-electron chi connectivity index (χ0n) is 17.4. The largest absolute Gasteiger partial charge is 0.312 e. The highest BCUT2D eigenvalue weighted by Gasteiger charge is 2.49. The van der Waals surface area contributed by atoms with Gasteiger partial charge < -0.3 is 15.1 Å². The van der Waals surface area contributed by atoms with Crippen LogP contribution in [0.2, 0.25) is 0 Å². The first kappa shape index (κ1) is 17.7. The number of nitrogens with one attached hydrogen (secondary N) is 1. The number of rotatable bonds is 4. The highest BCUT2D eigenvalue weighted by atomic mass is 15.3. The minimum atomic E-state index is 0.809. The van der Waals surface area contributed by atoms with Gasteiger partial charge in [0.1, 0.15) is 0 Å². The Balaban J connectivity index is 1.07. The lowest BCUT2D eigenvalue weighted by Crippen LogP contribution is -2.53. The Morgan fingerprint density at radius 2 is 1.70 bits per heavy atom. The molecule has 6 heterocycles. The molecular weight excluding hydrogens is 332 g/mol. The maximum absolute atomic E-state index is 3.77. The van der Waals surface area contributed by atoms with Crippen LogP contribution in [0.15, 0.2) is 0 Å². The Morgan fingerprint density at radius 3 is 2.56 bits per heavy atom. The van der Waals surface area contributed by atoms with Crippen molar-refractivity contribution in [3.63, 3.8) is 0 Å². The fraction of sp³-hybridized carbons (Fsp3) is 1.00. The predicted molar refractivity (Wildman–Crippen MR) is 110 cm³/mol. The molecule has 1 saturated carbocycles. The van der Waals surface area contributed by atoms with Crippen LogP contribution < -0.4 is 5.32 Å². The highest BCUT2D eigenvalue weighted by molar-refractivity contribution is 5.04. The monoisotopic (exact) mass is 372 g/mol. The van der Waals surface area contributed by atoms with Crippen molar-refractivity contribution < 1.29 is 0 Å². The Bertz CT molecular complexity index is 552. The minimum absolute atomic E-state index is 0.809. The van der Waals surface area contributed by atoms with E-state index in [9.17, 15) is 0 Å². The van der Waals surface area contributed by atoms with E-state index in [1.807, 2.05) is 0 Å². The molecule has 4 bridgehead atoms. The average molecular weight is 373 g/mol. The Labute approximate surface area is 166 Å².